The predicted octanol–water partition coefficient (Wildman–Crippen LogP) is 3.32. The Hall–Kier alpha value is -0.130. The molecule has 144 valence electrons. The second kappa shape index (κ2) is 19.6. The Morgan fingerprint density at radius 3 is 1.92 bits per heavy atom. The molecule has 1 rings (SSSR count). The fraction of sp³-hybridized carbons (Fsp3) is 0.571. The molecule has 0 radical (unpaired) electrons. The first-order chi connectivity index (χ1) is 12.1. The van der Waals surface area contributed by atoms with E-state index in [9.17, 15) is 8.42 Å². The zero-order chi connectivity index (χ0) is 18.8. The van der Waals surface area contributed by atoms with Crippen LogP contribution in [-0.2, 0) is 14.3 Å². The Balaban J connectivity index is 0. The normalized spacial score (nSPS) is 10.4. The summed E-state index contributed by atoms with van der Waals surface area (Å²) in [5, 5.41) is 0. The van der Waals surface area contributed by atoms with Crippen molar-refractivity contribution in [3.8, 4) is 0 Å². The summed E-state index contributed by atoms with van der Waals surface area (Å²) in [6, 6.07) is 8.00. The van der Waals surface area contributed by atoms with Crippen LogP contribution in [0, 0.1) is 6.92 Å². The number of unbranched alkanes of at least 4 members (excludes halogenated alkanes) is 9. The Bertz CT molecular complexity index is 505. The Morgan fingerprint density at radius 2 is 1.46 bits per heavy atom. The molecule has 0 atom stereocenters. The summed E-state index contributed by atoms with van der Waals surface area (Å²) in [5.74, 6) is 0. The van der Waals surface area contributed by atoms with Crippen LogP contribution >= 0.6 is 0 Å². The average molecular weight is 391 g/mol. The molecule has 26 heavy (non-hydrogen) atoms. The van der Waals surface area contributed by atoms with Crippen LogP contribution in [0.3, 0.4) is 0 Å². The molecule has 0 unspecified atom stereocenters. The second-order valence-corrected chi connectivity index (χ2v) is 7.64. The van der Waals surface area contributed by atoms with Crippen LogP contribution in [0.15, 0.2) is 47.9 Å². The van der Waals surface area contributed by atoms with Crippen LogP contribution in [0.4, 0.5) is 0 Å². The van der Waals surface area contributed by atoms with E-state index in [0.29, 0.717) is 0 Å². The van der Waals surface area contributed by atoms with Gasteiger partial charge in [-0.2, -0.15) is 14.8 Å². The quantitative estimate of drug-likeness (QED) is 0.171. The molecular formula is C21H35NaO3S. The van der Waals surface area contributed by atoms with E-state index in [4.69, 9.17) is 0 Å². The zero-order valence-electron chi connectivity index (χ0n) is 16.8. The fourth-order valence-electron chi connectivity index (χ4n) is 2.28. The molecule has 0 aliphatic heterocycles. The molecule has 0 bridgehead atoms. The van der Waals surface area contributed by atoms with E-state index in [2.05, 4.69) is 24.6 Å². The molecule has 0 heterocycles. The van der Waals surface area contributed by atoms with Gasteiger partial charge in [0, 0.05) is 0 Å². The zero-order valence-corrected chi connectivity index (χ0v) is 19.6. The summed E-state index contributed by atoms with van der Waals surface area (Å²) in [6.45, 7) is 9.48. The molecule has 1 aromatic rings. The van der Waals surface area contributed by atoms with Gasteiger partial charge in [0.05, 0.1) is 11.5 Å². The monoisotopic (exact) mass is 390 g/mol. The largest absolute Gasteiger partial charge is 1.00 e. The van der Waals surface area contributed by atoms with Gasteiger partial charge in [-0.25, -0.2) is 0 Å². The first-order valence-corrected chi connectivity index (χ1v) is 10.8. The van der Waals surface area contributed by atoms with Crippen LogP contribution in [0.25, 0.3) is 0 Å². The number of hydrogen-bond acceptors (Lipinski definition) is 3. The summed E-state index contributed by atoms with van der Waals surface area (Å²) in [6.07, 6.45) is 15.3. The molecule has 0 aromatic heterocycles. The van der Waals surface area contributed by atoms with E-state index in [1.165, 1.54) is 76.0 Å². The van der Waals surface area contributed by atoms with Crippen molar-refractivity contribution in [3.63, 3.8) is 0 Å². The van der Waals surface area contributed by atoms with Crippen LogP contribution in [0.1, 0.15) is 71.1 Å². The van der Waals surface area contributed by atoms with Gasteiger partial charge in [-0.05, 0) is 12.1 Å². The first-order valence-electron chi connectivity index (χ1n) is 9.43. The third-order valence-electron chi connectivity index (χ3n) is 3.73. The predicted molar refractivity (Wildman–Crippen MR) is 107 cm³/mol. The molecule has 3 nitrogen and oxygen atoms in total. The Morgan fingerprint density at radius 1 is 0.962 bits per heavy atom. The van der Waals surface area contributed by atoms with Crippen LogP contribution in [0.5, 0.6) is 0 Å². The standard InChI is InChI=1S/C12H25.C9H10O3S.Na/c1-3-5-7-9-11-12-10-8-6-4-2;1-2-8-12-13(10,11)9-6-4-3-5-7-9;/h1,3-12H2,2H3;2-7H,1,8H2;/q-1;;+1. The molecule has 5 heteroatoms. The molecule has 0 saturated carbocycles. The Labute approximate surface area is 184 Å². The molecule has 0 aliphatic rings. The van der Waals surface area contributed by atoms with Gasteiger partial charge in [0.25, 0.3) is 10.1 Å². The van der Waals surface area contributed by atoms with Gasteiger partial charge in [0.15, 0.2) is 0 Å². The van der Waals surface area contributed by atoms with Crippen LogP contribution < -0.4 is 29.6 Å². The maximum Gasteiger partial charge on any atom is 1.00 e. The maximum atomic E-state index is 11.3. The van der Waals surface area contributed by atoms with Crippen molar-refractivity contribution >= 4 is 10.1 Å². The molecule has 0 N–H and O–H groups in total. The second-order valence-electron chi connectivity index (χ2n) is 6.02. The van der Waals surface area contributed by atoms with Gasteiger partial charge in [0.2, 0.25) is 0 Å². The minimum Gasteiger partial charge on any atom is -0.343 e. The van der Waals surface area contributed by atoms with Crippen molar-refractivity contribution in [1.82, 2.24) is 0 Å². The topological polar surface area (TPSA) is 43.4 Å². The van der Waals surface area contributed by atoms with Gasteiger partial charge >= 0.3 is 29.6 Å². The number of hydrogen-bond donors (Lipinski definition) is 0. The van der Waals surface area contributed by atoms with Crippen molar-refractivity contribution in [2.24, 2.45) is 0 Å². The van der Waals surface area contributed by atoms with Gasteiger partial charge in [-0.15, -0.1) is 6.58 Å². The molecule has 0 aliphatic carbocycles. The molecule has 0 amide bonds. The molecular weight excluding hydrogens is 355 g/mol. The molecule has 0 spiro atoms. The minimum atomic E-state index is -3.59. The van der Waals surface area contributed by atoms with Crippen molar-refractivity contribution in [3.05, 3.63) is 49.9 Å². The summed E-state index contributed by atoms with van der Waals surface area (Å²) in [4.78, 5) is 0.164. The van der Waals surface area contributed by atoms with Crippen molar-refractivity contribution in [2.45, 2.75) is 76.0 Å². The van der Waals surface area contributed by atoms with E-state index in [1.807, 2.05) is 0 Å². The van der Waals surface area contributed by atoms with E-state index < -0.39 is 10.1 Å². The van der Waals surface area contributed by atoms with Gasteiger partial charge in [-0.1, -0.05) is 89.0 Å². The van der Waals surface area contributed by atoms with Gasteiger partial charge in [0.1, 0.15) is 0 Å². The van der Waals surface area contributed by atoms with Crippen molar-refractivity contribution in [2.75, 3.05) is 6.61 Å². The minimum absolute atomic E-state index is 0. The summed E-state index contributed by atoms with van der Waals surface area (Å²) >= 11 is 0. The smallest absolute Gasteiger partial charge is 0.343 e. The first kappa shape index (κ1) is 28.1. The fourth-order valence-corrected chi connectivity index (χ4v) is 3.18. The average Bonchev–Trinajstić information content (AvgIpc) is 2.64. The van der Waals surface area contributed by atoms with Crippen LogP contribution in [-0.4, -0.2) is 15.0 Å². The van der Waals surface area contributed by atoms with Crippen molar-refractivity contribution < 1.29 is 42.2 Å². The number of benzene rings is 1. The van der Waals surface area contributed by atoms with E-state index in [-0.39, 0.29) is 41.1 Å². The summed E-state index contributed by atoms with van der Waals surface area (Å²) in [7, 11) is -3.59. The van der Waals surface area contributed by atoms with Crippen LogP contribution in [0.2, 0.25) is 0 Å². The van der Waals surface area contributed by atoms with Crippen molar-refractivity contribution in [1.29, 1.82) is 0 Å². The van der Waals surface area contributed by atoms with E-state index >= 15 is 0 Å². The summed E-state index contributed by atoms with van der Waals surface area (Å²) in [5.41, 5.74) is 0. The Kier molecular flexibility index (Phi) is 21.2. The van der Waals surface area contributed by atoms with E-state index in [1.54, 1.807) is 18.2 Å². The van der Waals surface area contributed by atoms with Gasteiger partial charge < -0.3 is 6.92 Å². The SMILES string of the molecule is C=CCOS(=O)(=O)c1ccccc1.[CH2-]CCCCCCCCCCC.[Na+]. The number of rotatable bonds is 13. The third-order valence-corrected chi connectivity index (χ3v) is 5.02. The van der Waals surface area contributed by atoms with E-state index in [0.717, 1.165) is 6.42 Å². The molecule has 0 saturated heterocycles. The van der Waals surface area contributed by atoms with Gasteiger partial charge in [-0.3, -0.25) is 4.18 Å². The third kappa shape index (κ3) is 16.1. The maximum absolute atomic E-state index is 11.3. The summed E-state index contributed by atoms with van der Waals surface area (Å²) < 4.78 is 27.3. The molecule has 1 aromatic carbocycles. The molecule has 0 fully saturated rings.